The Morgan fingerprint density at radius 3 is 2.50 bits per heavy atom. The molecule has 0 bridgehead atoms. The maximum absolute atomic E-state index is 4.38. The molecule has 0 aliphatic carbocycles. The molecule has 0 spiro atoms. The van der Waals surface area contributed by atoms with Crippen molar-refractivity contribution in [3.05, 3.63) is 35.2 Å². The van der Waals surface area contributed by atoms with E-state index in [1.54, 1.807) is 0 Å². The second kappa shape index (κ2) is 3.25. The number of hydrogen-bond donors (Lipinski definition) is 1. The van der Waals surface area contributed by atoms with E-state index in [-0.39, 0.29) is 0 Å². The summed E-state index contributed by atoms with van der Waals surface area (Å²) in [5, 5.41) is 7.11. The van der Waals surface area contributed by atoms with E-state index in [9.17, 15) is 0 Å². The van der Waals surface area contributed by atoms with Crippen molar-refractivity contribution >= 4 is 0 Å². The molecule has 0 saturated heterocycles. The molecule has 2 aromatic rings. The lowest BCUT2D eigenvalue weighted by Crippen LogP contribution is -1.89. The maximum atomic E-state index is 4.38. The van der Waals surface area contributed by atoms with Crippen molar-refractivity contribution in [1.82, 2.24) is 15.2 Å². The van der Waals surface area contributed by atoms with Crippen molar-refractivity contribution in [2.45, 2.75) is 20.8 Å². The summed E-state index contributed by atoms with van der Waals surface area (Å²) in [6, 6.07) is 4.12. The highest BCUT2D eigenvalue weighted by Gasteiger charge is 2.06. The first-order valence-electron chi connectivity index (χ1n) is 4.62. The Morgan fingerprint density at radius 2 is 1.93 bits per heavy atom. The van der Waals surface area contributed by atoms with Gasteiger partial charge in [0, 0.05) is 11.9 Å². The van der Waals surface area contributed by atoms with Crippen LogP contribution < -0.4 is 0 Å². The number of pyridine rings is 1. The SMILES string of the molecule is Cc1cnc(-c2cc(C)[nH]n2)c(C)c1. The van der Waals surface area contributed by atoms with Gasteiger partial charge >= 0.3 is 0 Å². The molecule has 0 aromatic carbocycles. The van der Waals surface area contributed by atoms with Crippen LogP contribution >= 0.6 is 0 Å². The van der Waals surface area contributed by atoms with Crippen LogP contribution in [0.5, 0.6) is 0 Å². The van der Waals surface area contributed by atoms with Crippen molar-refractivity contribution in [2.24, 2.45) is 0 Å². The summed E-state index contributed by atoms with van der Waals surface area (Å²) in [5.74, 6) is 0. The molecule has 0 aliphatic heterocycles. The molecule has 0 aliphatic rings. The summed E-state index contributed by atoms with van der Waals surface area (Å²) < 4.78 is 0. The molecule has 1 N–H and O–H groups in total. The fraction of sp³-hybridized carbons (Fsp3) is 0.273. The van der Waals surface area contributed by atoms with Gasteiger partial charge in [-0.1, -0.05) is 6.07 Å². The van der Waals surface area contributed by atoms with Gasteiger partial charge in [-0.3, -0.25) is 10.1 Å². The molecule has 0 fully saturated rings. The summed E-state index contributed by atoms with van der Waals surface area (Å²) in [4.78, 5) is 4.38. The topological polar surface area (TPSA) is 41.6 Å². The van der Waals surface area contributed by atoms with Crippen LogP contribution in [0, 0.1) is 20.8 Å². The van der Waals surface area contributed by atoms with Gasteiger partial charge in [0.15, 0.2) is 0 Å². The Bertz CT molecular complexity index is 457. The van der Waals surface area contributed by atoms with Crippen molar-refractivity contribution in [2.75, 3.05) is 0 Å². The van der Waals surface area contributed by atoms with Crippen LogP contribution in [0.4, 0.5) is 0 Å². The molecule has 3 nitrogen and oxygen atoms in total. The second-order valence-corrected chi connectivity index (χ2v) is 3.61. The van der Waals surface area contributed by atoms with Gasteiger partial charge in [0.25, 0.3) is 0 Å². The quantitative estimate of drug-likeness (QED) is 0.744. The van der Waals surface area contributed by atoms with Gasteiger partial charge in [-0.25, -0.2) is 0 Å². The highest BCUT2D eigenvalue weighted by Crippen LogP contribution is 2.19. The molecule has 2 heterocycles. The van der Waals surface area contributed by atoms with E-state index in [1.165, 1.54) is 5.56 Å². The minimum atomic E-state index is 0.917. The van der Waals surface area contributed by atoms with Gasteiger partial charge in [0.1, 0.15) is 5.69 Å². The lowest BCUT2D eigenvalue weighted by molar-refractivity contribution is 1.04. The predicted octanol–water partition coefficient (Wildman–Crippen LogP) is 2.40. The van der Waals surface area contributed by atoms with Gasteiger partial charge in [0.2, 0.25) is 0 Å². The van der Waals surface area contributed by atoms with Crippen LogP contribution in [0.1, 0.15) is 16.8 Å². The van der Waals surface area contributed by atoms with Gasteiger partial charge in [-0.2, -0.15) is 5.10 Å². The Balaban J connectivity index is 2.52. The molecular weight excluding hydrogens is 174 g/mol. The lowest BCUT2D eigenvalue weighted by atomic mass is 10.1. The van der Waals surface area contributed by atoms with E-state index in [1.807, 2.05) is 26.1 Å². The molecule has 3 heteroatoms. The van der Waals surface area contributed by atoms with Crippen LogP contribution in [-0.2, 0) is 0 Å². The Labute approximate surface area is 83.2 Å². The van der Waals surface area contributed by atoms with Crippen molar-refractivity contribution in [3.63, 3.8) is 0 Å². The van der Waals surface area contributed by atoms with Crippen molar-refractivity contribution in [1.29, 1.82) is 0 Å². The van der Waals surface area contributed by atoms with Gasteiger partial charge in [-0.15, -0.1) is 0 Å². The molecule has 0 unspecified atom stereocenters. The lowest BCUT2D eigenvalue weighted by Gasteiger charge is -2.01. The van der Waals surface area contributed by atoms with Crippen LogP contribution in [-0.4, -0.2) is 15.2 Å². The van der Waals surface area contributed by atoms with E-state index in [4.69, 9.17) is 0 Å². The summed E-state index contributed by atoms with van der Waals surface area (Å²) in [7, 11) is 0. The highest BCUT2D eigenvalue weighted by molar-refractivity contribution is 5.58. The summed E-state index contributed by atoms with van der Waals surface area (Å²) in [6.07, 6.45) is 1.87. The molecule has 0 saturated carbocycles. The smallest absolute Gasteiger partial charge is 0.111 e. The third-order valence-corrected chi connectivity index (χ3v) is 2.16. The molecule has 2 rings (SSSR count). The first-order valence-corrected chi connectivity index (χ1v) is 4.62. The number of nitrogens with one attached hydrogen (secondary N) is 1. The average molecular weight is 187 g/mol. The number of aromatic nitrogens is 3. The average Bonchev–Trinajstić information content (AvgIpc) is 2.51. The fourth-order valence-corrected chi connectivity index (χ4v) is 1.52. The highest BCUT2D eigenvalue weighted by atomic mass is 15.1. The minimum Gasteiger partial charge on any atom is -0.282 e. The third-order valence-electron chi connectivity index (χ3n) is 2.16. The zero-order chi connectivity index (χ0) is 10.1. The first kappa shape index (κ1) is 8.94. The van der Waals surface area contributed by atoms with Gasteiger partial charge < -0.3 is 0 Å². The minimum absolute atomic E-state index is 0.917. The number of hydrogen-bond acceptors (Lipinski definition) is 2. The zero-order valence-electron chi connectivity index (χ0n) is 8.63. The summed E-state index contributed by atoms with van der Waals surface area (Å²) in [5.41, 5.74) is 5.27. The number of nitrogens with zero attached hydrogens (tertiary/aromatic N) is 2. The Hall–Kier alpha value is -1.64. The monoisotopic (exact) mass is 187 g/mol. The molecule has 2 aromatic heterocycles. The maximum Gasteiger partial charge on any atom is 0.111 e. The second-order valence-electron chi connectivity index (χ2n) is 3.61. The largest absolute Gasteiger partial charge is 0.282 e. The first-order chi connectivity index (χ1) is 6.66. The molecule has 0 radical (unpaired) electrons. The van der Waals surface area contributed by atoms with Crippen LogP contribution in [0.15, 0.2) is 18.3 Å². The predicted molar refractivity (Wildman–Crippen MR) is 56.0 cm³/mol. The normalized spacial score (nSPS) is 10.5. The molecule has 0 atom stereocenters. The fourth-order valence-electron chi connectivity index (χ4n) is 1.52. The van der Waals surface area contributed by atoms with E-state index in [2.05, 4.69) is 28.2 Å². The Kier molecular flexibility index (Phi) is 2.08. The van der Waals surface area contributed by atoms with Crippen molar-refractivity contribution < 1.29 is 0 Å². The third kappa shape index (κ3) is 1.53. The van der Waals surface area contributed by atoms with E-state index in [0.29, 0.717) is 0 Å². The van der Waals surface area contributed by atoms with Crippen LogP contribution in [0.3, 0.4) is 0 Å². The standard InChI is InChI=1S/C11H13N3/c1-7-4-8(2)11(12-6-7)10-5-9(3)13-14-10/h4-6H,1-3H3,(H,13,14). The van der Waals surface area contributed by atoms with Gasteiger partial charge in [-0.05, 0) is 38.0 Å². The zero-order valence-corrected chi connectivity index (χ0v) is 8.63. The van der Waals surface area contributed by atoms with Gasteiger partial charge in [0.05, 0.1) is 5.69 Å². The van der Waals surface area contributed by atoms with Crippen LogP contribution in [0.25, 0.3) is 11.4 Å². The summed E-state index contributed by atoms with van der Waals surface area (Å²) in [6.45, 7) is 6.08. The number of H-pyrrole nitrogens is 1. The molecule has 14 heavy (non-hydrogen) atoms. The number of aryl methyl sites for hydroxylation is 3. The Morgan fingerprint density at radius 1 is 1.14 bits per heavy atom. The van der Waals surface area contributed by atoms with Crippen molar-refractivity contribution in [3.8, 4) is 11.4 Å². The number of aromatic amines is 1. The molecule has 72 valence electrons. The molecular formula is C11H13N3. The van der Waals surface area contributed by atoms with E-state index in [0.717, 1.165) is 22.6 Å². The number of rotatable bonds is 1. The van der Waals surface area contributed by atoms with E-state index < -0.39 is 0 Å². The van der Waals surface area contributed by atoms with Crippen LogP contribution in [0.2, 0.25) is 0 Å². The van der Waals surface area contributed by atoms with E-state index >= 15 is 0 Å². The molecule has 0 amide bonds. The summed E-state index contributed by atoms with van der Waals surface area (Å²) >= 11 is 0.